The smallest absolute Gasteiger partial charge is 0.0591 e. The maximum Gasteiger partial charge on any atom is 0.0591 e. The van der Waals surface area contributed by atoms with Crippen molar-refractivity contribution in [2.45, 2.75) is 19.9 Å². The van der Waals surface area contributed by atoms with E-state index in [4.69, 9.17) is 11.6 Å². The largest absolute Gasteiger partial charge is 0.306 e. The van der Waals surface area contributed by atoms with Crippen LogP contribution in [0, 0.1) is 6.92 Å². The first-order valence-electron chi connectivity index (χ1n) is 7.16. The summed E-state index contributed by atoms with van der Waals surface area (Å²) in [6.45, 7) is 5.13. The molecule has 0 saturated heterocycles. The summed E-state index contributed by atoms with van der Waals surface area (Å²) >= 11 is 7.97. The molecule has 0 radical (unpaired) electrons. The van der Waals surface area contributed by atoms with Crippen molar-refractivity contribution < 1.29 is 0 Å². The zero-order valence-corrected chi connectivity index (χ0v) is 13.8. The Bertz CT molecular complexity index is 763. The summed E-state index contributed by atoms with van der Waals surface area (Å²) in [7, 11) is 0. The maximum absolute atomic E-state index is 6.16. The van der Waals surface area contributed by atoms with E-state index in [0.29, 0.717) is 0 Å². The van der Waals surface area contributed by atoms with Crippen LogP contribution in [-0.2, 0) is 0 Å². The number of hydrogen-bond acceptors (Lipinski definition) is 2. The van der Waals surface area contributed by atoms with E-state index in [1.165, 1.54) is 21.2 Å². The number of nitrogens with one attached hydrogen (secondary N) is 1. The van der Waals surface area contributed by atoms with Gasteiger partial charge in [0, 0.05) is 9.72 Å². The van der Waals surface area contributed by atoms with Crippen molar-refractivity contribution in [2.75, 3.05) is 6.54 Å². The van der Waals surface area contributed by atoms with Gasteiger partial charge in [-0.15, -0.1) is 11.3 Å². The van der Waals surface area contributed by atoms with Crippen LogP contribution >= 0.6 is 22.9 Å². The van der Waals surface area contributed by atoms with E-state index in [-0.39, 0.29) is 6.04 Å². The van der Waals surface area contributed by atoms with E-state index < -0.39 is 0 Å². The molecule has 21 heavy (non-hydrogen) atoms. The molecule has 0 aliphatic rings. The van der Waals surface area contributed by atoms with Crippen molar-refractivity contribution in [3.05, 3.63) is 69.6 Å². The van der Waals surface area contributed by atoms with Crippen LogP contribution < -0.4 is 5.32 Å². The average molecular weight is 316 g/mol. The van der Waals surface area contributed by atoms with Crippen LogP contribution in [0.4, 0.5) is 0 Å². The number of rotatable bonds is 4. The van der Waals surface area contributed by atoms with Gasteiger partial charge in [0.05, 0.1) is 6.04 Å². The number of thiophene rings is 1. The molecule has 1 unspecified atom stereocenters. The van der Waals surface area contributed by atoms with Gasteiger partial charge in [-0.1, -0.05) is 48.9 Å². The van der Waals surface area contributed by atoms with Gasteiger partial charge >= 0.3 is 0 Å². The SMILES string of the molecule is CCNC(c1ccc(Cl)c(C)c1)c1csc2ccccc12. The molecular formula is C18H18ClNS. The molecule has 0 aliphatic carbocycles. The molecule has 1 nitrogen and oxygen atoms in total. The van der Waals surface area contributed by atoms with Crippen molar-refractivity contribution in [1.29, 1.82) is 0 Å². The predicted molar refractivity (Wildman–Crippen MR) is 93.5 cm³/mol. The third kappa shape index (κ3) is 2.84. The Balaban J connectivity index is 2.11. The molecule has 2 aromatic carbocycles. The first-order valence-corrected chi connectivity index (χ1v) is 8.42. The Morgan fingerprint density at radius 1 is 1.19 bits per heavy atom. The first-order chi connectivity index (χ1) is 10.2. The van der Waals surface area contributed by atoms with Crippen LogP contribution in [0.3, 0.4) is 0 Å². The van der Waals surface area contributed by atoms with Gasteiger partial charge in [0.15, 0.2) is 0 Å². The molecule has 0 fully saturated rings. The summed E-state index contributed by atoms with van der Waals surface area (Å²) in [5, 5.41) is 8.03. The monoisotopic (exact) mass is 315 g/mol. The van der Waals surface area contributed by atoms with Gasteiger partial charge in [0.25, 0.3) is 0 Å². The number of benzene rings is 2. The molecule has 0 saturated carbocycles. The van der Waals surface area contributed by atoms with E-state index in [2.05, 4.69) is 60.9 Å². The highest BCUT2D eigenvalue weighted by Gasteiger charge is 2.17. The maximum atomic E-state index is 6.16. The molecule has 1 atom stereocenters. The molecule has 1 N–H and O–H groups in total. The van der Waals surface area contributed by atoms with Crippen LogP contribution in [-0.4, -0.2) is 6.54 Å². The fourth-order valence-electron chi connectivity index (χ4n) is 2.68. The lowest BCUT2D eigenvalue weighted by molar-refractivity contribution is 0.635. The minimum absolute atomic E-state index is 0.210. The van der Waals surface area contributed by atoms with Crippen LogP contribution in [0.25, 0.3) is 10.1 Å². The average Bonchev–Trinajstić information content (AvgIpc) is 2.92. The lowest BCUT2D eigenvalue weighted by Crippen LogP contribution is -2.21. The molecule has 1 aromatic heterocycles. The van der Waals surface area contributed by atoms with E-state index in [1.54, 1.807) is 11.3 Å². The number of fused-ring (bicyclic) bond motifs is 1. The van der Waals surface area contributed by atoms with Gasteiger partial charge in [-0.2, -0.15) is 0 Å². The second kappa shape index (κ2) is 6.18. The zero-order chi connectivity index (χ0) is 14.8. The van der Waals surface area contributed by atoms with Gasteiger partial charge in [0.2, 0.25) is 0 Å². The summed E-state index contributed by atoms with van der Waals surface area (Å²) in [5.74, 6) is 0. The summed E-state index contributed by atoms with van der Waals surface area (Å²) in [6.07, 6.45) is 0. The Labute approximate surface area is 134 Å². The Kier molecular flexibility index (Phi) is 4.29. The van der Waals surface area contributed by atoms with Crippen molar-refractivity contribution in [1.82, 2.24) is 5.32 Å². The molecular weight excluding hydrogens is 298 g/mol. The molecule has 0 aliphatic heterocycles. The van der Waals surface area contributed by atoms with Crippen molar-refractivity contribution >= 4 is 33.0 Å². The van der Waals surface area contributed by atoms with E-state index >= 15 is 0 Å². The van der Waals surface area contributed by atoms with Crippen LogP contribution in [0.2, 0.25) is 5.02 Å². The third-order valence-corrected chi connectivity index (χ3v) is 5.15. The Morgan fingerprint density at radius 3 is 2.76 bits per heavy atom. The summed E-state index contributed by atoms with van der Waals surface area (Å²) in [6, 6.07) is 15.1. The number of aryl methyl sites for hydroxylation is 1. The van der Waals surface area contributed by atoms with E-state index in [1.807, 2.05) is 6.07 Å². The molecule has 108 valence electrons. The standard InChI is InChI=1S/C18H18ClNS/c1-3-20-18(13-8-9-16(19)12(2)10-13)15-11-21-17-7-5-4-6-14(15)17/h4-11,18,20H,3H2,1-2H3. The summed E-state index contributed by atoms with van der Waals surface area (Å²) in [4.78, 5) is 0. The molecule has 0 amide bonds. The van der Waals surface area contributed by atoms with Gasteiger partial charge in [-0.05, 0) is 53.1 Å². The minimum atomic E-state index is 0.210. The van der Waals surface area contributed by atoms with Gasteiger partial charge < -0.3 is 5.32 Å². The lowest BCUT2D eigenvalue weighted by Gasteiger charge is -2.19. The quantitative estimate of drug-likeness (QED) is 0.664. The van der Waals surface area contributed by atoms with E-state index in [9.17, 15) is 0 Å². The normalized spacial score (nSPS) is 12.7. The van der Waals surface area contributed by atoms with Crippen LogP contribution in [0.1, 0.15) is 29.7 Å². The molecule has 3 heteroatoms. The fraction of sp³-hybridized carbons (Fsp3) is 0.222. The van der Waals surface area contributed by atoms with Crippen LogP contribution in [0.15, 0.2) is 47.8 Å². The lowest BCUT2D eigenvalue weighted by atomic mass is 9.97. The fourth-order valence-corrected chi connectivity index (χ4v) is 3.79. The zero-order valence-electron chi connectivity index (χ0n) is 12.2. The number of hydrogen-bond donors (Lipinski definition) is 1. The third-order valence-electron chi connectivity index (χ3n) is 3.75. The summed E-state index contributed by atoms with van der Waals surface area (Å²) in [5.41, 5.74) is 3.73. The second-order valence-electron chi connectivity index (χ2n) is 5.19. The second-order valence-corrected chi connectivity index (χ2v) is 6.50. The molecule has 0 bridgehead atoms. The van der Waals surface area contributed by atoms with E-state index in [0.717, 1.165) is 17.1 Å². The topological polar surface area (TPSA) is 12.0 Å². The highest BCUT2D eigenvalue weighted by molar-refractivity contribution is 7.17. The van der Waals surface area contributed by atoms with Crippen LogP contribution in [0.5, 0.6) is 0 Å². The Morgan fingerprint density at radius 2 is 2.00 bits per heavy atom. The van der Waals surface area contributed by atoms with Gasteiger partial charge in [-0.3, -0.25) is 0 Å². The molecule has 0 spiro atoms. The highest BCUT2D eigenvalue weighted by Crippen LogP contribution is 2.34. The van der Waals surface area contributed by atoms with Crippen molar-refractivity contribution in [3.63, 3.8) is 0 Å². The van der Waals surface area contributed by atoms with Gasteiger partial charge in [-0.25, -0.2) is 0 Å². The van der Waals surface area contributed by atoms with Crippen molar-refractivity contribution in [2.24, 2.45) is 0 Å². The molecule has 3 rings (SSSR count). The van der Waals surface area contributed by atoms with Gasteiger partial charge in [0.1, 0.15) is 0 Å². The number of halogens is 1. The molecule has 1 heterocycles. The predicted octanol–water partition coefficient (Wildman–Crippen LogP) is 5.56. The summed E-state index contributed by atoms with van der Waals surface area (Å²) < 4.78 is 1.33. The highest BCUT2D eigenvalue weighted by atomic mass is 35.5. The minimum Gasteiger partial charge on any atom is -0.306 e. The van der Waals surface area contributed by atoms with Crippen molar-refractivity contribution in [3.8, 4) is 0 Å². The Hall–Kier alpha value is -1.35. The first kappa shape index (κ1) is 14.6. The molecule has 3 aromatic rings.